The maximum Gasteiger partial charge on any atom is 0.271 e. The lowest BCUT2D eigenvalue weighted by Crippen LogP contribution is -2.17. The van der Waals surface area contributed by atoms with Crippen molar-refractivity contribution in [3.8, 4) is 0 Å². The van der Waals surface area contributed by atoms with E-state index in [0.29, 0.717) is 18.7 Å². The van der Waals surface area contributed by atoms with Crippen molar-refractivity contribution in [3.05, 3.63) is 88.4 Å². The number of nitrogen functional groups attached to an aromatic ring is 1. The lowest BCUT2D eigenvalue weighted by Gasteiger charge is -2.09. The third-order valence-corrected chi connectivity index (χ3v) is 4.15. The van der Waals surface area contributed by atoms with Crippen LogP contribution in [0.25, 0.3) is 0 Å². The lowest BCUT2D eigenvalue weighted by atomic mass is 10.1. The Hall–Kier alpha value is -3.39. The number of anilines is 1. The number of benzene rings is 2. The predicted molar refractivity (Wildman–Crippen MR) is 101 cm³/mol. The molecule has 1 aromatic heterocycles. The second-order valence-electron chi connectivity index (χ2n) is 6.26. The first-order chi connectivity index (χ1) is 13.4. The van der Waals surface area contributed by atoms with Crippen LogP contribution in [-0.4, -0.2) is 15.9 Å². The zero-order valence-corrected chi connectivity index (χ0v) is 15.0. The zero-order valence-electron chi connectivity index (χ0n) is 15.0. The van der Waals surface area contributed by atoms with Gasteiger partial charge in [-0.3, -0.25) is 4.79 Å². The monoisotopic (exact) mass is 383 g/mol. The van der Waals surface area contributed by atoms with Gasteiger partial charge in [-0.25, -0.2) is 18.7 Å². The molecule has 0 aliphatic heterocycles. The van der Waals surface area contributed by atoms with Crippen molar-refractivity contribution in [2.45, 2.75) is 19.5 Å². The van der Waals surface area contributed by atoms with E-state index in [0.717, 1.165) is 11.1 Å². The minimum absolute atomic E-state index is 0.00502. The molecule has 3 rings (SSSR count). The van der Waals surface area contributed by atoms with Crippen LogP contribution in [0.3, 0.4) is 0 Å². The van der Waals surface area contributed by atoms with Gasteiger partial charge in [0.2, 0.25) is 0 Å². The first-order valence-corrected chi connectivity index (χ1v) is 8.56. The van der Waals surface area contributed by atoms with Crippen molar-refractivity contribution in [1.82, 2.24) is 15.3 Å². The van der Waals surface area contributed by atoms with Crippen LogP contribution < -0.4 is 16.8 Å². The fourth-order valence-electron chi connectivity index (χ4n) is 2.79. The number of rotatable bonds is 7. The standard InChI is InChI=1S/C20H19F2N5O/c21-16-5-2-6-17(22)15(16)11-25-9-13-4-1-3-12(7-13)8-14-10-26-19(23)18(27-14)20(24)28/h1-7,10,25H,8-9,11H2,(H2,23,26)(H2,24,28). The molecule has 0 saturated carbocycles. The molecule has 0 saturated heterocycles. The van der Waals surface area contributed by atoms with Gasteiger partial charge in [0.15, 0.2) is 11.5 Å². The number of aromatic nitrogens is 2. The molecular weight excluding hydrogens is 364 g/mol. The van der Waals surface area contributed by atoms with Crippen molar-refractivity contribution in [2.24, 2.45) is 5.73 Å². The van der Waals surface area contributed by atoms with Crippen LogP contribution in [0.5, 0.6) is 0 Å². The van der Waals surface area contributed by atoms with Crippen molar-refractivity contribution >= 4 is 11.7 Å². The second kappa shape index (κ2) is 8.53. The first kappa shape index (κ1) is 19.4. The van der Waals surface area contributed by atoms with Crippen LogP contribution in [0.4, 0.5) is 14.6 Å². The molecule has 28 heavy (non-hydrogen) atoms. The van der Waals surface area contributed by atoms with Gasteiger partial charge in [-0.15, -0.1) is 0 Å². The van der Waals surface area contributed by atoms with Gasteiger partial charge in [0.05, 0.1) is 11.9 Å². The average Bonchev–Trinajstić information content (AvgIpc) is 2.66. The Kier molecular flexibility index (Phi) is 5.90. The normalized spacial score (nSPS) is 10.8. The van der Waals surface area contributed by atoms with E-state index < -0.39 is 17.5 Å². The fraction of sp³-hybridized carbons (Fsp3) is 0.150. The SMILES string of the molecule is NC(=O)c1nc(Cc2cccc(CNCc3c(F)cccc3F)c2)cnc1N. The molecule has 0 aliphatic carbocycles. The van der Waals surface area contributed by atoms with Gasteiger partial charge in [-0.05, 0) is 23.3 Å². The third kappa shape index (κ3) is 4.66. The van der Waals surface area contributed by atoms with E-state index in [1.165, 1.54) is 24.4 Å². The highest BCUT2D eigenvalue weighted by Crippen LogP contribution is 2.14. The van der Waals surface area contributed by atoms with Crippen LogP contribution in [0.15, 0.2) is 48.7 Å². The summed E-state index contributed by atoms with van der Waals surface area (Å²) in [6.07, 6.45) is 1.93. The summed E-state index contributed by atoms with van der Waals surface area (Å²) in [5, 5.41) is 3.04. The topological polar surface area (TPSA) is 107 Å². The van der Waals surface area contributed by atoms with Crippen LogP contribution in [0, 0.1) is 11.6 Å². The summed E-state index contributed by atoms with van der Waals surface area (Å²) in [7, 11) is 0. The molecule has 6 nitrogen and oxygen atoms in total. The van der Waals surface area contributed by atoms with E-state index in [1.807, 2.05) is 24.3 Å². The number of nitrogens with one attached hydrogen (secondary N) is 1. The summed E-state index contributed by atoms with van der Waals surface area (Å²) >= 11 is 0. The Morgan fingerprint density at radius 3 is 2.43 bits per heavy atom. The molecule has 0 radical (unpaired) electrons. The molecule has 0 fully saturated rings. The van der Waals surface area contributed by atoms with Crippen molar-refractivity contribution in [1.29, 1.82) is 0 Å². The smallest absolute Gasteiger partial charge is 0.271 e. The van der Waals surface area contributed by atoms with Crippen molar-refractivity contribution in [3.63, 3.8) is 0 Å². The molecule has 0 atom stereocenters. The fourth-order valence-corrected chi connectivity index (χ4v) is 2.79. The summed E-state index contributed by atoms with van der Waals surface area (Å²) < 4.78 is 27.3. The Balaban J connectivity index is 1.66. The molecule has 0 aliphatic rings. The second-order valence-corrected chi connectivity index (χ2v) is 6.26. The average molecular weight is 383 g/mol. The molecule has 0 unspecified atom stereocenters. The van der Waals surface area contributed by atoms with E-state index >= 15 is 0 Å². The van der Waals surface area contributed by atoms with Gasteiger partial charge in [-0.2, -0.15) is 0 Å². The van der Waals surface area contributed by atoms with E-state index in [2.05, 4.69) is 15.3 Å². The molecule has 1 amide bonds. The Morgan fingerprint density at radius 2 is 1.71 bits per heavy atom. The van der Waals surface area contributed by atoms with Gasteiger partial charge in [0.25, 0.3) is 5.91 Å². The van der Waals surface area contributed by atoms with Crippen LogP contribution in [0.2, 0.25) is 0 Å². The molecule has 0 bridgehead atoms. The number of primary amides is 1. The zero-order chi connectivity index (χ0) is 20.1. The Bertz CT molecular complexity index is 989. The molecular formula is C20H19F2N5O. The van der Waals surface area contributed by atoms with Gasteiger partial charge >= 0.3 is 0 Å². The number of carbonyl (C=O) groups is 1. The van der Waals surface area contributed by atoms with E-state index in [9.17, 15) is 13.6 Å². The number of nitrogens with two attached hydrogens (primary N) is 2. The maximum absolute atomic E-state index is 13.7. The Morgan fingerprint density at radius 1 is 1.04 bits per heavy atom. The van der Waals surface area contributed by atoms with Crippen LogP contribution in [-0.2, 0) is 19.5 Å². The van der Waals surface area contributed by atoms with Crippen molar-refractivity contribution in [2.75, 3.05) is 5.73 Å². The van der Waals surface area contributed by atoms with Gasteiger partial charge in [0.1, 0.15) is 11.6 Å². The largest absolute Gasteiger partial charge is 0.382 e. The summed E-state index contributed by atoms with van der Waals surface area (Å²) in [6.45, 7) is 0.510. The molecule has 0 spiro atoms. The molecule has 144 valence electrons. The minimum Gasteiger partial charge on any atom is -0.382 e. The number of hydrogen-bond acceptors (Lipinski definition) is 5. The third-order valence-electron chi connectivity index (χ3n) is 4.15. The quantitative estimate of drug-likeness (QED) is 0.580. The molecule has 1 heterocycles. The number of amides is 1. The van der Waals surface area contributed by atoms with Gasteiger partial charge in [-0.1, -0.05) is 30.3 Å². The molecule has 2 aromatic carbocycles. The maximum atomic E-state index is 13.7. The van der Waals surface area contributed by atoms with Crippen LogP contribution in [0.1, 0.15) is 32.9 Å². The summed E-state index contributed by atoms with van der Waals surface area (Å²) in [5.41, 5.74) is 13.2. The summed E-state index contributed by atoms with van der Waals surface area (Å²) in [6, 6.07) is 11.4. The summed E-state index contributed by atoms with van der Waals surface area (Å²) in [5.74, 6) is -1.89. The van der Waals surface area contributed by atoms with Gasteiger partial charge in [0, 0.05) is 25.1 Å². The minimum atomic E-state index is -0.731. The summed E-state index contributed by atoms with van der Waals surface area (Å²) in [4.78, 5) is 19.4. The highest BCUT2D eigenvalue weighted by molar-refractivity contribution is 5.94. The van der Waals surface area contributed by atoms with Crippen LogP contribution >= 0.6 is 0 Å². The van der Waals surface area contributed by atoms with E-state index in [4.69, 9.17) is 11.5 Å². The number of nitrogens with zero attached hydrogens (tertiary/aromatic N) is 2. The lowest BCUT2D eigenvalue weighted by molar-refractivity contribution is 0.0996. The highest BCUT2D eigenvalue weighted by atomic mass is 19.1. The molecule has 8 heteroatoms. The van der Waals surface area contributed by atoms with Crippen molar-refractivity contribution < 1.29 is 13.6 Å². The van der Waals surface area contributed by atoms with E-state index in [-0.39, 0.29) is 23.6 Å². The highest BCUT2D eigenvalue weighted by Gasteiger charge is 2.11. The van der Waals surface area contributed by atoms with E-state index in [1.54, 1.807) is 0 Å². The van der Waals surface area contributed by atoms with Gasteiger partial charge < -0.3 is 16.8 Å². The number of hydrogen-bond donors (Lipinski definition) is 3. The number of carbonyl (C=O) groups excluding carboxylic acids is 1. The number of halogens is 2. The molecule has 5 N–H and O–H groups in total. The first-order valence-electron chi connectivity index (χ1n) is 8.56. The Labute approximate surface area is 160 Å². The predicted octanol–water partition coefficient (Wildman–Crippen LogP) is 2.32. The molecule has 3 aromatic rings.